The Bertz CT molecular complexity index is 542. The lowest BCUT2D eigenvalue weighted by atomic mass is 10.0. The van der Waals surface area contributed by atoms with E-state index in [2.05, 4.69) is 20.9 Å². The summed E-state index contributed by atoms with van der Waals surface area (Å²) in [6.45, 7) is 0. The second kappa shape index (κ2) is 5.63. The lowest BCUT2D eigenvalue weighted by Gasteiger charge is -2.12. The van der Waals surface area contributed by atoms with Crippen molar-refractivity contribution in [3.63, 3.8) is 0 Å². The van der Waals surface area contributed by atoms with Gasteiger partial charge in [-0.25, -0.2) is 9.37 Å². The maximum atomic E-state index is 13.8. The first-order chi connectivity index (χ1) is 8.59. The van der Waals surface area contributed by atoms with E-state index in [1.807, 2.05) is 17.8 Å². The van der Waals surface area contributed by atoms with Gasteiger partial charge in [0.25, 0.3) is 0 Å². The van der Waals surface area contributed by atoms with E-state index in [0.717, 1.165) is 5.82 Å². The number of aromatic nitrogens is 2. The average molecular weight is 313 g/mol. The van der Waals surface area contributed by atoms with Gasteiger partial charge in [0.05, 0.1) is 10.6 Å². The molecule has 0 amide bonds. The van der Waals surface area contributed by atoms with E-state index in [-0.39, 0.29) is 0 Å². The molecule has 0 bridgehead atoms. The van der Waals surface area contributed by atoms with E-state index < -0.39 is 11.9 Å². The Balaban J connectivity index is 2.06. The predicted molar refractivity (Wildman–Crippen MR) is 70.6 cm³/mol. The first kappa shape index (κ1) is 13.2. The lowest BCUT2D eigenvalue weighted by Crippen LogP contribution is -2.05. The number of aryl methyl sites for hydroxylation is 2. The maximum Gasteiger partial charge on any atom is 0.143 e. The van der Waals surface area contributed by atoms with Crippen LogP contribution in [-0.4, -0.2) is 14.7 Å². The average Bonchev–Trinajstić information content (AvgIpc) is 2.75. The van der Waals surface area contributed by atoms with Crippen molar-refractivity contribution in [2.24, 2.45) is 7.05 Å². The molecule has 1 aromatic heterocycles. The Labute approximate surface area is 113 Å². The van der Waals surface area contributed by atoms with Gasteiger partial charge in [0.15, 0.2) is 0 Å². The zero-order valence-corrected chi connectivity index (χ0v) is 11.6. The van der Waals surface area contributed by atoms with Crippen LogP contribution in [0.15, 0.2) is 35.1 Å². The molecule has 1 unspecified atom stereocenters. The molecule has 0 saturated carbocycles. The van der Waals surface area contributed by atoms with Gasteiger partial charge in [-0.1, -0.05) is 12.1 Å². The minimum absolute atomic E-state index is 0.318. The van der Waals surface area contributed by atoms with E-state index in [0.29, 0.717) is 22.9 Å². The molecular weight excluding hydrogens is 299 g/mol. The van der Waals surface area contributed by atoms with E-state index in [9.17, 15) is 9.50 Å². The van der Waals surface area contributed by atoms with Crippen molar-refractivity contribution in [1.29, 1.82) is 0 Å². The minimum Gasteiger partial charge on any atom is -0.388 e. The number of imidazole rings is 1. The van der Waals surface area contributed by atoms with Crippen LogP contribution < -0.4 is 0 Å². The number of hydrogen-bond donors (Lipinski definition) is 1. The molecule has 0 aliphatic heterocycles. The van der Waals surface area contributed by atoms with Crippen LogP contribution in [0.5, 0.6) is 0 Å². The summed E-state index contributed by atoms with van der Waals surface area (Å²) in [5, 5.41) is 10.0. The summed E-state index contributed by atoms with van der Waals surface area (Å²) in [5.41, 5.74) is 0.318. The van der Waals surface area contributed by atoms with Gasteiger partial charge in [0, 0.05) is 31.4 Å². The quantitative estimate of drug-likeness (QED) is 0.942. The second-order valence-electron chi connectivity index (χ2n) is 4.15. The van der Waals surface area contributed by atoms with E-state index >= 15 is 0 Å². The number of hydrogen-bond acceptors (Lipinski definition) is 2. The van der Waals surface area contributed by atoms with Crippen LogP contribution in [0.3, 0.4) is 0 Å². The van der Waals surface area contributed by atoms with Gasteiger partial charge >= 0.3 is 0 Å². The van der Waals surface area contributed by atoms with Gasteiger partial charge in [0.1, 0.15) is 11.6 Å². The summed E-state index contributed by atoms with van der Waals surface area (Å²) in [6, 6.07) is 4.93. The third kappa shape index (κ3) is 2.79. The molecule has 0 aliphatic carbocycles. The molecule has 0 fully saturated rings. The van der Waals surface area contributed by atoms with Crippen LogP contribution in [-0.2, 0) is 13.5 Å². The molecule has 2 aromatic rings. The zero-order valence-electron chi connectivity index (χ0n) is 9.98. The van der Waals surface area contributed by atoms with Crippen molar-refractivity contribution in [3.8, 4) is 0 Å². The summed E-state index contributed by atoms with van der Waals surface area (Å²) in [4.78, 5) is 4.17. The minimum atomic E-state index is -0.820. The Kier molecular flexibility index (Phi) is 4.14. The highest BCUT2D eigenvalue weighted by Crippen LogP contribution is 2.26. The topological polar surface area (TPSA) is 38.0 Å². The zero-order chi connectivity index (χ0) is 13.1. The van der Waals surface area contributed by atoms with Gasteiger partial charge in [0.2, 0.25) is 0 Å². The van der Waals surface area contributed by atoms with E-state index in [1.54, 1.807) is 24.4 Å². The summed E-state index contributed by atoms with van der Waals surface area (Å²) in [5.74, 6) is 0.481. The van der Waals surface area contributed by atoms with Gasteiger partial charge in [-0.2, -0.15) is 0 Å². The van der Waals surface area contributed by atoms with Gasteiger partial charge in [-0.05, 0) is 28.4 Å². The number of aliphatic hydroxyl groups is 1. The lowest BCUT2D eigenvalue weighted by molar-refractivity contribution is 0.162. The third-order valence-corrected chi connectivity index (χ3v) is 3.52. The number of nitrogens with zero attached hydrogens (tertiary/aromatic N) is 2. The molecule has 96 valence electrons. The highest BCUT2D eigenvalue weighted by molar-refractivity contribution is 9.10. The molecule has 3 nitrogen and oxygen atoms in total. The second-order valence-corrected chi connectivity index (χ2v) is 5.01. The van der Waals surface area contributed by atoms with Crippen LogP contribution in [0.4, 0.5) is 4.39 Å². The smallest absolute Gasteiger partial charge is 0.143 e. The van der Waals surface area contributed by atoms with Crippen molar-refractivity contribution >= 4 is 15.9 Å². The molecule has 0 aliphatic rings. The number of benzene rings is 1. The fraction of sp³-hybridized carbons (Fsp3) is 0.308. The summed E-state index contributed by atoms with van der Waals surface area (Å²) in [6.07, 6.45) is 3.79. The van der Waals surface area contributed by atoms with Gasteiger partial charge < -0.3 is 9.67 Å². The van der Waals surface area contributed by atoms with Crippen LogP contribution in [0.1, 0.15) is 23.9 Å². The van der Waals surface area contributed by atoms with Crippen molar-refractivity contribution in [3.05, 3.63) is 52.3 Å². The summed E-state index contributed by atoms with van der Waals surface area (Å²) < 4.78 is 16.0. The first-order valence-electron chi connectivity index (χ1n) is 5.67. The molecule has 2 rings (SSSR count). The molecule has 1 N–H and O–H groups in total. The van der Waals surface area contributed by atoms with Crippen molar-refractivity contribution in [2.45, 2.75) is 18.9 Å². The fourth-order valence-corrected chi connectivity index (χ4v) is 2.22. The van der Waals surface area contributed by atoms with E-state index in [1.165, 1.54) is 0 Å². The first-order valence-corrected chi connectivity index (χ1v) is 6.47. The SMILES string of the molecule is Cn1ccnc1CCC(O)c1cccc(Br)c1F. The Morgan fingerprint density at radius 1 is 1.50 bits per heavy atom. The van der Waals surface area contributed by atoms with Crippen LogP contribution >= 0.6 is 15.9 Å². The number of rotatable bonds is 4. The molecule has 0 saturated heterocycles. The third-order valence-electron chi connectivity index (χ3n) is 2.90. The Hall–Kier alpha value is -1.20. The van der Waals surface area contributed by atoms with Gasteiger partial charge in [-0.3, -0.25) is 0 Å². The molecule has 0 spiro atoms. The maximum absolute atomic E-state index is 13.8. The monoisotopic (exact) mass is 312 g/mol. The van der Waals surface area contributed by atoms with E-state index in [4.69, 9.17) is 0 Å². The van der Waals surface area contributed by atoms with Gasteiger partial charge in [-0.15, -0.1) is 0 Å². The molecule has 18 heavy (non-hydrogen) atoms. The molecule has 1 aromatic carbocycles. The molecule has 0 radical (unpaired) electrons. The molecular formula is C13H14BrFN2O. The van der Waals surface area contributed by atoms with Crippen LogP contribution in [0.25, 0.3) is 0 Å². The number of halogens is 2. The Morgan fingerprint density at radius 2 is 2.28 bits per heavy atom. The normalized spacial score (nSPS) is 12.7. The van der Waals surface area contributed by atoms with Crippen LogP contribution in [0, 0.1) is 5.82 Å². The largest absolute Gasteiger partial charge is 0.388 e. The molecule has 1 heterocycles. The van der Waals surface area contributed by atoms with Crippen molar-refractivity contribution in [1.82, 2.24) is 9.55 Å². The van der Waals surface area contributed by atoms with Crippen LogP contribution in [0.2, 0.25) is 0 Å². The standard InChI is InChI=1S/C13H14BrFN2O/c1-17-8-7-16-12(17)6-5-11(18)9-3-2-4-10(14)13(9)15/h2-4,7-8,11,18H,5-6H2,1H3. The fourth-order valence-electron chi connectivity index (χ4n) is 1.84. The molecule has 1 atom stereocenters. The van der Waals surface area contributed by atoms with Crippen molar-refractivity contribution in [2.75, 3.05) is 0 Å². The highest BCUT2D eigenvalue weighted by Gasteiger charge is 2.15. The number of aliphatic hydroxyl groups excluding tert-OH is 1. The summed E-state index contributed by atoms with van der Waals surface area (Å²) >= 11 is 3.11. The predicted octanol–water partition coefficient (Wildman–Crippen LogP) is 2.99. The van der Waals surface area contributed by atoms with Crippen molar-refractivity contribution < 1.29 is 9.50 Å². The highest BCUT2D eigenvalue weighted by atomic mass is 79.9. The Morgan fingerprint density at radius 3 is 2.94 bits per heavy atom. The molecule has 5 heteroatoms. The summed E-state index contributed by atoms with van der Waals surface area (Å²) in [7, 11) is 1.90.